The Hall–Kier alpha value is -3.13. The molecule has 27 heavy (non-hydrogen) atoms. The number of rotatable bonds is 5. The summed E-state index contributed by atoms with van der Waals surface area (Å²) in [6, 6.07) is 9.72. The Morgan fingerprint density at radius 3 is 2.67 bits per heavy atom. The zero-order valence-electron chi connectivity index (χ0n) is 15.1. The number of carbonyl (C=O) groups is 2. The Balaban J connectivity index is 1.75. The van der Waals surface area contributed by atoms with Gasteiger partial charge in [0.25, 0.3) is 5.91 Å². The van der Waals surface area contributed by atoms with Crippen LogP contribution in [0.25, 0.3) is 10.6 Å². The molecule has 0 radical (unpaired) electrons. The van der Waals surface area contributed by atoms with E-state index in [4.69, 9.17) is 4.42 Å². The molecule has 3 aromatic rings. The van der Waals surface area contributed by atoms with E-state index in [-0.39, 0.29) is 29.4 Å². The summed E-state index contributed by atoms with van der Waals surface area (Å²) in [5.41, 5.74) is 1.32. The van der Waals surface area contributed by atoms with Crippen LogP contribution in [0.5, 0.6) is 5.75 Å². The maximum absolute atomic E-state index is 12.5. The summed E-state index contributed by atoms with van der Waals surface area (Å²) in [6.45, 7) is 5.00. The number of amides is 2. The van der Waals surface area contributed by atoms with Gasteiger partial charge in [0.2, 0.25) is 5.91 Å². The van der Waals surface area contributed by atoms with Crippen molar-refractivity contribution in [2.45, 2.75) is 26.8 Å². The number of anilines is 1. The summed E-state index contributed by atoms with van der Waals surface area (Å²) in [5, 5.41) is 15.8. The first-order valence-corrected chi connectivity index (χ1v) is 9.10. The van der Waals surface area contributed by atoms with Gasteiger partial charge in [0, 0.05) is 12.5 Å². The minimum atomic E-state index is -0.388. The van der Waals surface area contributed by atoms with E-state index in [2.05, 4.69) is 15.6 Å². The van der Waals surface area contributed by atoms with Crippen molar-refractivity contribution in [2.24, 2.45) is 0 Å². The molecule has 0 saturated carbocycles. The number of para-hydroxylation sites is 1. The van der Waals surface area contributed by atoms with E-state index in [1.54, 1.807) is 50.2 Å². The van der Waals surface area contributed by atoms with E-state index in [1.165, 1.54) is 18.3 Å². The number of benzene rings is 1. The molecule has 2 amide bonds. The third-order valence-electron chi connectivity index (χ3n) is 3.88. The van der Waals surface area contributed by atoms with Crippen molar-refractivity contribution in [1.29, 1.82) is 0 Å². The van der Waals surface area contributed by atoms with E-state index in [0.717, 1.165) is 4.88 Å². The number of aromatic nitrogens is 1. The van der Waals surface area contributed by atoms with Gasteiger partial charge in [-0.05, 0) is 32.0 Å². The zero-order valence-corrected chi connectivity index (χ0v) is 15.9. The molecule has 1 atom stereocenters. The maximum Gasteiger partial charge on any atom is 0.287 e. The predicted octanol–water partition coefficient (Wildman–Crippen LogP) is 3.87. The molecule has 2 aromatic heterocycles. The third kappa shape index (κ3) is 4.17. The highest BCUT2D eigenvalue weighted by molar-refractivity contribution is 7.19. The lowest BCUT2D eigenvalue weighted by Crippen LogP contribution is -2.26. The van der Waals surface area contributed by atoms with E-state index in [1.807, 2.05) is 0 Å². The third-order valence-corrected chi connectivity index (χ3v) is 4.97. The first-order valence-electron chi connectivity index (χ1n) is 8.29. The second-order valence-corrected chi connectivity index (χ2v) is 7.03. The van der Waals surface area contributed by atoms with Crippen molar-refractivity contribution < 1.29 is 19.1 Å². The largest absolute Gasteiger partial charge is 0.508 e. The van der Waals surface area contributed by atoms with Crippen LogP contribution >= 0.6 is 11.3 Å². The second kappa shape index (κ2) is 7.63. The number of phenols is 1. The molecule has 3 rings (SSSR count). The number of thiazole rings is 1. The van der Waals surface area contributed by atoms with Crippen LogP contribution in [0, 0.1) is 6.92 Å². The number of aromatic hydroxyl groups is 1. The number of hydrogen-bond donors (Lipinski definition) is 3. The summed E-state index contributed by atoms with van der Waals surface area (Å²) in [7, 11) is 0. The molecule has 0 fully saturated rings. The fourth-order valence-corrected chi connectivity index (χ4v) is 3.58. The Kier molecular flexibility index (Phi) is 5.27. The van der Waals surface area contributed by atoms with Crippen LogP contribution in [0.4, 0.5) is 5.13 Å². The van der Waals surface area contributed by atoms with Crippen molar-refractivity contribution in [3.8, 4) is 16.4 Å². The molecule has 0 saturated heterocycles. The van der Waals surface area contributed by atoms with Crippen LogP contribution < -0.4 is 10.6 Å². The Bertz CT molecular complexity index is 993. The topological polar surface area (TPSA) is 104 Å². The standard InChI is InChI=1S/C19H19N3O4S/c1-10(13-6-4-5-7-14(13)24)20-18(25)16-9-8-15(26-16)17-11(2)21-19(27-17)22-12(3)23/h4-10,24H,1-3H3,(H,20,25)(H,21,22,23)/t10-/m1/s1. The fraction of sp³-hybridized carbons (Fsp3) is 0.211. The van der Waals surface area contributed by atoms with Crippen molar-refractivity contribution in [3.63, 3.8) is 0 Å². The minimum absolute atomic E-state index is 0.121. The average Bonchev–Trinajstić information content (AvgIpc) is 3.21. The SMILES string of the molecule is CC(=O)Nc1nc(C)c(-c2ccc(C(=O)N[C@H](C)c3ccccc3O)o2)s1. The lowest BCUT2D eigenvalue weighted by molar-refractivity contribution is -0.114. The van der Waals surface area contributed by atoms with E-state index in [0.29, 0.717) is 22.1 Å². The summed E-state index contributed by atoms with van der Waals surface area (Å²) in [5.74, 6) is 0.188. The van der Waals surface area contributed by atoms with Gasteiger partial charge in [-0.25, -0.2) is 4.98 Å². The smallest absolute Gasteiger partial charge is 0.287 e. The van der Waals surface area contributed by atoms with E-state index < -0.39 is 0 Å². The number of nitrogens with one attached hydrogen (secondary N) is 2. The van der Waals surface area contributed by atoms with Gasteiger partial charge >= 0.3 is 0 Å². The number of furan rings is 1. The molecular formula is C19H19N3O4S. The Morgan fingerprint density at radius 1 is 1.22 bits per heavy atom. The minimum Gasteiger partial charge on any atom is -0.508 e. The normalized spacial score (nSPS) is 11.8. The monoisotopic (exact) mass is 385 g/mol. The molecule has 1 aromatic carbocycles. The molecule has 0 spiro atoms. The van der Waals surface area contributed by atoms with Crippen LogP contribution in [0.1, 0.15) is 41.7 Å². The summed E-state index contributed by atoms with van der Waals surface area (Å²) in [4.78, 5) is 28.7. The van der Waals surface area contributed by atoms with E-state index in [9.17, 15) is 14.7 Å². The maximum atomic E-state index is 12.5. The van der Waals surface area contributed by atoms with Crippen LogP contribution in [0.3, 0.4) is 0 Å². The molecule has 2 heterocycles. The number of aryl methyl sites for hydroxylation is 1. The van der Waals surface area contributed by atoms with Crippen molar-refractivity contribution in [3.05, 3.63) is 53.4 Å². The second-order valence-electron chi connectivity index (χ2n) is 6.03. The average molecular weight is 385 g/mol. The van der Waals surface area contributed by atoms with Gasteiger partial charge in [0.05, 0.1) is 16.6 Å². The fourth-order valence-electron chi connectivity index (χ4n) is 2.61. The van der Waals surface area contributed by atoms with Gasteiger partial charge in [-0.3, -0.25) is 9.59 Å². The summed E-state index contributed by atoms with van der Waals surface area (Å²) >= 11 is 1.28. The number of hydrogen-bond acceptors (Lipinski definition) is 6. The molecule has 8 heteroatoms. The molecular weight excluding hydrogens is 366 g/mol. The van der Waals surface area contributed by atoms with Crippen LogP contribution in [0.15, 0.2) is 40.8 Å². The van der Waals surface area contributed by atoms with Gasteiger partial charge in [-0.2, -0.15) is 0 Å². The first kappa shape index (κ1) is 18.7. The van der Waals surface area contributed by atoms with Crippen LogP contribution in [-0.2, 0) is 4.79 Å². The zero-order chi connectivity index (χ0) is 19.6. The van der Waals surface area contributed by atoms with E-state index >= 15 is 0 Å². The molecule has 0 unspecified atom stereocenters. The lowest BCUT2D eigenvalue weighted by Gasteiger charge is -2.14. The molecule has 0 aliphatic heterocycles. The molecule has 0 aliphatic rings. The highest BCUT2D eigenvalue weighted by atomic mass is 32.1. The quantitative estimate of drug-likeness (QED) is 0.618. The first-order chi connectivity index (χ1) is 12.8. The van der Waals surface area contributed by atoms with Crippen molar-refractivity contribution in [2.75, 3.05) is 5.32 Å². The van der Waals surface area contributed by atoms with Crippen molar-refractivity contribution >= 4 is 28.3 Å². The highest BCUT2D eigenvalue weighted by Crippen LogP contribution is 2.34. The molecule has 7 nitrogen and oxygen atoms in total. The van der Waals surface area contributed by atoms with Gasteiger partial charge in [-0.1, -0.05) is 29.5 Å². The molecule has 0 bridgehead atoms. The van der Waals surface area contributed by atoms with Gasteiger partial charge < -0.3 is 20.2 Å². The van der Waals surface area contributed by atoms with Gasteiger partial charge in [-0.15, -0.1) is 0 Å². The Labute approximate surface area is 160 Å². The molecule has 3 N–H and O–H groups in total. The van der Waals surface area contributed by atoms with Crippen molar-refractivity contribution in [1.82, 2.24) is 10.3 Å². The number of nitrogens with zero attached hydrogens (tertiary/aromatic N) is 1. The van der Waals surface area contributed by atoms with Gasteiger partial charge in [0.15, 0.2) is 10.9 Å². The highest BCUT2D eigenvalue weighted by Gasteiger charge is 2.19. The Morgan fingerprint density at radius 2 is 1.96 bits per heavy atom. The molecule has 140 valence electrons. The predicted molar refractivity (Wildman–Crippen MR) is 103 cm³/mol. The van der Waals surface area contributed by atoms with Crippen LogP contribution in [-0.4, -0.2) is 21.9 Å². The summed E-state index contributed by atoms with van der Waals surface area (Å²) < 4.78 is 5.68. The summed E-state index contributed by atoms with van der Waals surface area (Å²) in [6.07, 6.45) is 0. The molecule has 0 aliphatic carbocycles. The van der Waals surface area contributed by atoms with Gasteiger partial charge in [0.1, 0.15) is 11.5 Å². The number of carbonyl (C=O) groups excluding carboxylic acids is 2. The van der Waals surface area contributed by atoms with Crippen LogP contribution in [0.2, 0.25) is 0 Å². The number of phenolic OH excluding ortho intramolecular Hbond substituents is 1. The lowest BCUT2D eigenvalue weighted by atomic mass is 10.1.